The Kier molecular flexibility index (Phi) is 5.98. The highest BCUT2D eigenvalue weighted by molar-refractivity contribution is 6.05. The molecule has 13 rings (SSSR count). The van der Waals surface area contributed by atoms with Crippen molar-refractivity contribution in [2.24, 2.45) is 0 Å². The van der Waals surface area contributed by atoms with Crippen LogP contribution in [0, 0.1) is 0 Å². The first-order valence-electron chi connectivity index (χ1n) is 18.9. The van der Waals surface area contributed by atoms with E-state index in [0.29, 0.717) is 11.4 Å². The number of nitrogens with zero attached hydrogens (tertiary/aromatic N) is 8. The summed E-state index contributed by atoms with van der Waals surface area (Å²) in [4.78, 5) is 19.8. The van der Waals surface area contributed by atoms with Crippen molar-refractivity contribution in [3.8, 4) is 33.8 Å². The van der Waals surface area contributed by atoms with Gasteiger partial charge in [-0.3, -0.25) is 17.9 Å². The number of rotatable bonds is 4. The molecule has 9 heteroatoms. The average Bonchev–Trinajstić information content (AvgIpc) is 4.07. The van der Waals surface area contributed by atoms with E-state index in [2.05, 4.69) is 138 Å². The molecular weight excluding hydrogens is 705 g/mol. The number of imidazole rings is 4. The van der Waals surface area contributed by atoms with Crippen molar-refractivity contribution >= 4 is 77.8 Å². The summed E-state index contributed by atoms with van der Waals surface area (Å²) < 4.78 is 15.3. The van der Waals surface area contributed by atoms with Crippen LogP contribution >= 0.6 is 0 Å². The Bertz CT molecular complexity index is 3750. The molecule has 0 amide bonds. The average molecular weight is 733 g/mol. The minimum absolute atomic E-state index is 0.621. The molecule has 0 unspecified atom stereocenters. The van der Waals surface area contributed by atoms with Gasteiger partial charge in [-0.25, -0.2) is 19.9 Å². The van der Waals surface area contributed by atoms with Crippen LogP contribution in [-0.4, -0.2) is 37.9 Å². The molecule has 0 spiro atoms. The van der Waals surface area contributed by atoms with Crippen LogP contribution in [0.4, 0.5) is 0 Å². The quantitative estimate of drug-likeness (QED) is 0.180. The maximum atomic E-state index is 6.44. The summed E-state index contributed by atoms with van der Waals surface area (Å²) in [7, 11) is 0. The van der Waals surface area contributed by atoms with Crippen molar-refractivity contribution in [1.29, 1.82) is 0 Å². The zero-order valence-corrected chi connectivity index (χ0v) is 30.2. The molecule has 6 heterocycles. The summed E-state index contributed by atoms with van der Waals surface area (Å²) in [5, 5.41) is 0.952. The lowest BCUT2D eigenvalue weighted by Crippen LogP contribution is -1.99. The molecule has 0 atom stereocenters. The van der Waals surface area contributed by atoms with E-state index in [1.54, 1.807) is 6.33 Å². The largest absolute Gasteiger partial charge is 0.450 e. The first-order valence-corrected chi connectivity index (χ1v) is 18.9. The van der Waals surface area contributed by atoms with Crippen LogP contribution in [0.25, 0.3) is 112 Å². The number of fused-ring (bicyclic) bond motifs is 13. The van der Waals surface area contributed by atoms with E-state index in [1.165, 1.54) is 11.1 Å². The van der Waals surface area contributed by atoms with Crippen molar-refractivity contribution in [3.05, 3.63) is 170 Å². The zero-order chi connectivity index (χ0) is 37.2. The van der Waals surface area contributed by atoms with Crippen LogP contribution in [0.1, 0.15) is 0 Å². The fourth-order valence-electron chi connectivity index (χ4n) is 8.73. The van der Waals surface area contributed by atoms with Crippen LogP contribution in [-0.2, 0) is 0 Å². The number of aromatic nitrogens is 8. The number of hydrogen-bond donors (Lipinski definition) is 0. The first kappa shape index (κ1) is 30.3. The number of para-hydroxylation sites is 5. The van der Waals surface area contributed by atoms with Gasteiger partial charge in [-0.05, 0) is 95.1 Å². The topological polar surface area (TPSA) is 83.4 Å². The van der Waals surface area contributed by atoms with Crippen molar-refractivity contribution in [1.82, 2.24) is 37.9 Å². The van der Waals surface area contributed by atoms with E-state index in [1.807, 2.05) is 48.5 Å². The summed E-state index contributed by atoms with van der Waals surface area (Å²) in [5.74, 6) is 2.27. The zero-order valence-electron chi connectivity index (χ0n) is 30.2. The normalized spacial score (nSPS) is 12.2. The Morgan fingerprint density at radius 1 is 0.421 bits per heavy atom. The molecule has 0 fully saturated rings. The van der Waals surface area contributed by atoms with Gasteiger partial charge in [0.15, 0.2) is 11.4 Å². The molecule has 0 radical (unpaired) electrons. The predicted molar refractivity (Wildman–Crippen MR) is 226 cm³/mol. The Labute approximate surface area is 322 Å². The minimum atomic E-state index is 0.621. The van der Waals surface area contributed by atoms with Gasteiger partial charge in [0.05, 0.1) is 44.1 Å². The second kappa shape index (κ2) is 11.2. The van der Waals surface area contributed by atoms with Crippen LogP contribution < -0.4 is 0 Å². The number of furan rings is 1. The molecule has 0 N–H and O–H groups in total. The molecule has 9 nitrogen and oxygen atoms in total. The van der Waals surface area contributed by atoms with Gasteiger partial charge in [-0.2, -0.15) is 0 Å². The Morgan fingerprint density at radius 3 is 1.68 bits per heavy atom. The third-order valence-corrected chi connectivity index (χ3v) is 11.3. The maximum Gasteiger partial charge on any atom is 0.222 e. The molecule has 0 aliphatic heterocycles. The molecule has 0 aliphatic rings. The highest BCUT2D eigenvalue weighted by Crippen LogP contribution is 2.38. The molecule has 57 heavy (non-hydrogen) atoms. The van der Waals surface area contributed by atoms with Gasteiger partial charge >= 0.3 is 0 Å². The molecule has 0 aliphatic carbocycles. The second-order valence-electron chi connectivity index (χ2n) is 14.4. The Hall–Kier alpha value is -8.04. The second-order valence-corrected chi connectivity index (χ2v) is 14.4. The maximum absolute atomic E-state index is 6.44. The van der Waals surface area contributed by atoms with E-state index in [4.69, 9.17) is 19.4 Å². The van der Waals surface area contributed by atoms with Gasteiger partial charge in [-0.15, -0.1) is 0 Å². The molecule has 0 saturated carbocycles. The predicted octanol–water partition coefficient (Wildman–Crippen LogP) is 11.2. The van der Waals surface area contributed by atoms with Crippen molar-refractivity contribution in [2.75, 3.05) is 0 Å². The fraction of sp³-hybridized carbons (Fsp3) is 0. The van der Waals surface area contributed by atoms with Gasteiger partial charge in [0.1, 0.15) is 17.4 Å². The van der Waals surface area contributed by atoms with Crippen LogP contribution in [0.15, 0.2) is 175 Å². The van der Waals surface area contributed by atoms with E-state index in [9.17, 15) is 0 Å². The summed E-state index contributed by atoms with van der Waals surface area (Å²) >= 11 is 0. The summed E-state index contributed by atoms with van der Waals surface area (Å²) in [6.07, 6.45) is 1.61. The highest BCUT2D eigenvalue weighted by atomic mass is 16.3. The summed E-state index contributed by atoms with van der Waals surface area (Å²) in [5.41, 5.74) is 15.8. The van der Waals surface area contributed by atoms with E-state index >= 15 is 0 Å². The SMILES string of the molecule is c1ccc(-c2ccc(-n3c4ccc(-c5ccc6c(c5)n5c7ccccc7nc5n6-c5ncnc6c5oc5ccccc56)cc4n4c5ccccc5nc34)cc2)cc1. The highest BCUT2D eigenvalue weighted by Gasteiger charge is 2.23. The lowest BCUT2D eigenvalue weighted by molar-refractivity contribution is 0.662. The molecular formula is C48H28N8O. The lowest BCUT2D eigenvalue weighted by Gasteiger charge is -2.09. The Balaban J connectivity index is 1.03. The molecule has 13 aromatic rings. The van der Waals surface area contributed by atoms with Crippen LogP contribution in [0.5, 0.6) is 0 Å². The van der Waals surface area contributed by atoms with Crippen molar-refractivity contribution in [3.63, 3.8) is 0 Å². The monoisotopic (exact) mass is 732 g/mol. The third kappa shape index (κ3) is 4.22. The van der Waals surface area contributed by atoms with Crippen molar-refractivity contribution < 1.29 is 4.42 Å². The molecule has 0 saturated heterocycles. The van der Waals surface area contributed by atoms with Gasteiger partial charge in [0.25, 0.3) is 0 Å². The lowest BCUT2D eigenvalue weighted by atomic mass is 10.0. The van der Waals surface area contributed by atoms with Crippen LogP contribution in [0.2, 0.25) is 0 Å². The Morgan fingerprint density at radius 2 is 0.982 bits per heavy atom. The van der Waals surface area contributed by atoms with E-state index in [0.717, 1.165) is 89.0 Å². The molecule has 266 valence electrons. The standard InChI is InChI=1S/C48H28N8O/c1-2-10-29(11-3-1)30-18-22-33(23-19-30)53-39-24-20-31(26-41(39)54-37-15-7-5-13-35(37)51-47(53)54)32-21-25-40-42(27-32)55-38-16-8-6-14-36(38)52-48(55)56(40)46-45-44(49-28-50-46)34-12-4-9-17-43(34)57-45/h1-28H. The minimum Gasteiger partial charge on any atom is -0.450 e. The molecule has 7 aromatic carbocycles. The fourth-order valence-corrected chi connectivity index (χ4v) is 8.73. The summed E-state index contributed by atoms with van der Waals surface area (Å²) in [6, 6.07) is 57.1. The van der Waals surface area contributed by atoms with Gasteiger partial charge in [-0.1, -0.05) is 91.0 Å². The smallest absolute Gasteiger partial charge is 0.222 e. The van der Waals surface area contributed by atoms with Crippen LogP contribution in [0.3, 0.4) is 0 Å². The third-order valence-electron chi connectivity index (χ3n) is 11.3. The first-order chi connectivity index (χ1) is 28.3. The molecule has 0 bridgehead atoms. The summed E-state index contributed by atoms with van der Waals surface area (Å²) in [6.45, 7) is 0. The molecule has 6 aromatic heterocycles. The van der Waals surface area contributed by atoms with Gasteiger partial charge in [0.2, 0.25) is 11.6 Å². The number of hydrogen-bond acceptors (Lipinski definition) is 5. The van der Waals surface area contributed by atoms with Crippen molar-refractivity contribution in [2.45, 2.75) is 0 Å². The number of benzene rings is 7. The van der Waals surface area contributed by atoms with E-state index < -0.39 is 0 Å². The van der Waals surface area contributed by atoms with Gasteiger partial charge < -0.3 is 4.42 Å². The van der Waals surface area contributed by atoms with E-state index in [-0.39, 0.29) is 0 Å². The van der Waals surface area contributed by atoms with Gasteiger partial charge in [0, 0.05) is 11.1 Å².